The molecule has 13 heavy (non-hydrogen) atoms. The lowest BCUT2D eigenvalue weighted by atomic mass is 10.2. The molecule has 1 amide bonds. The minimum Gasteiger partial charge on any atom is -0.388 e. The van der Waals surface area contributed by atoms with E-state index in [1.165, 1.54) is 0 Å². The highest BCUT2D eigenvalue weighted by Gasteiger charge is 2.00. The van der Waals surface area contributed by atoms with Crippen molar-refractivity contribution >= 4 is 23.5 Å². The fourth-order valence-electron chi connectivity index (χ4n) is 1.07. The van der Waals surface area contributed by atoms with E-state index in [1.807, 2.05) is 25.2 Å². The molecular formula is C9H12N3O. The van der Waals surface area contributed by atoms with E-state index in [9.17, 15) is 4.79 Å². The first-order valence-corrected chi connectivity index (χ1v) is 3.94. The van der Waals surface area contributed by atoms with Gasteiger partial charge in [0.15, 0.2) is 0 Å². The van der Waals surface area contributed by atoms with Gasteiger partial charge in [0.05, 0.1) is 11.4 Å². The maximum absolute atomic E-state index is 10.1. The molecule has 0 saturated carbocycles. The predicted molar refractivity (Wildman–Crippen MR) is 54.9 cm³/mol. The van der Waals surface area contributed by atoms with E-state index >= 15 is 0 Å². The van der Waals surface area contributed by atoms with Crippen molar-refractivity contribution in [1.82, 2.24) is 0 Å². The molecule has 4 nitrogen and oxygen atoms in total. The molecule has 4 heteroatoms. The first kappa shape index (κ1) is 9.38. The Morgan fingerprint density at radius 3 is 2.46 bits per heavy atom. The van der Waals surface area contributed by atoms with E-state index < -0.39 is 0 Å². The van der Waals surface area contributed by atoms with Crippen molar-refractivity contribution < 1.29 is 4.79 Å². The van der Waals surface area contributed by atoms with Gasteiger partial charge in [-0.3, -0.25) is 4.79 Å². The lowest BCUT2D eigenvalue weighted by molar-refractivity contribution is 0.561. The summed E-state index contributed by atoms with van der Waals surface area (Å²) in [4.78, 5) is 10.1. The van der Waals surface area contributed by atoms with Crippen molar-refractivity contribution in [3.05, 3.63) is 18.2 Å². The van der Waals surface area contributed by atoms with Crippen LogP contribution in [0.5, 0.6) is 0 Å². The van der Waals surface area contributed by atoms with Gasteiger partial charge in [0.1, 0.15) is 0 Å². The van der Waals surface area contributed by atoms with Crippen LogP contribution in [-0.2, 0) is 4.79 Å². The zero-order valence-corrected chi connectivity index (χ0v) is 7.64. The topological polar surface area (TPSA) is 53.2 Å². The Hall–Kier alpha value is -1.71. The van der Waals surface area contributed by atoms with Crippen molar-refractivity contribution in [3.63, 3.8) is 0 Å². The summed E-state index contributed by atoms with van der Waals surface area (Å²) < 4.78 is 0. The second-order valence-corrected chi connectivity index (χ2v) is 2.49. The smallest absolute Gasteiger partial charge is 0.314 e. The van der Waals surface area contributed by atoms with Crippen LogP contribution in [0.1, 0.15) is 0 Å². The van der Waals surface area contributed by atoms with Gasteiger partial charge in [-0.1, -0.05) is 0 Å². The minimum absolute atomic E-state index is 0.719. The summed E-state index contributed by atoms with van der Waals surface area (Å²) in [5.74, 6) is 0. The highest BCUT2D eigenvalue weighted by atomic mass is 16.1. The maximum Gasteiger partial charge on any atom is 0.314 e. The quantitative estimate of drug-likeness (QED) is 0.608. The third kappa shape index (κ3) is 2.11. The largest absolute Gasteiger partial charge is 0.388 e. The van der Waals surface area contributed by atoms with E-state index in [-0.39, 0.29) is 0 Å². The van der Waals surface area contributed by atoms with Gasteiger partial charge in [0, 0.05) is 19.8 Å². The number of hydrogen-bond donors (Lipinski definition) is 3. The molecule has 0 unspecified atom stereocenters. The first-order valence-electron chi connectivity index (χ1n) is 3.94. The average molecular weight is 178 g/mol. The molecule has 0 aromatic heterocycles. The molecule has 1 rings (SSSR count). The molecule has 69 valence electrons. The molecule has 1 aromatic rings. The first-order chi connectivity index (χ1) is 6.31. The van der Waals surface area contributed by atoms with Crippen LogP contribution in [0.2, 0.25) is 0 Å². The molecule has 0 aliphatic heterocycles. The molecule has 0 aliphatic rings. The summed E-state index contributed by atoms with van der Waals surface area (Å²) in [6.45, 7) is 0. The molecule has 0 saturated heterocycles. The van der Waals surface area contributed by atoms with Crippen molar-refractivity contribution in [2.75, 3.05) is 30.0 Å². The van der Waals surface area contributed by atoms with Crippen LogP contribution >= 0.6 is 0 Å². The molecular weight excluding hydrogens is 166 g/mol. The minimum atomic E-state index is 0.719. The normalized spacial score (nSPS) is 9.08. The number of rotatable bonds is 4. The Balaban J connectivity index is 3.00. The summed E-state index contributed by atoms with van der Waals surface area (Å²) >= 11 is 0. The number of benzene rings is 1. The Kier molecular flexibility index (Phi) is 3.14. The Labute approximate surface area is 77.3 Å². The molecule has 0 fully saturated rings. The SMILES string of the molecule is CNc1ccc(N[C]=O)c(NC)c1. The molecule has 1 aromatic carbocycles. The number of carbonyl (C=O) groups excluding carboxylic acids is 1. The van der Waals surface area contributed by atoms with Crippen molar-refractivity contribution in [2.45, 2.75) is 0 Å². The lowest BCUT2D eigenvalue weighted by Crippen LogP contribution is -2.00. The van der Waals surface area contributed by atoms with E-state index in [4.69, 9.17) is 0 Å². The van der Waals surface area contributed by atoms with Crippen LogP contribution < -0.4 is 16.0 Å². The number of nitrogens with one attached hydrogen (secondary N) is 3. The fourth-order valence-corrected chi connectivity index (χ4v) is 1.07. The van der Waals surface area contributed by atoms with Crippen molar-refractivity contribution in [3.8, 4) is 0 Å². The van der Waals surface area contributed by atoms with Crippen LogP contribution in [-0.4, -0.2) is 20.5 Å². The highest BCUT2D eigenvalue weighted by molar-refractivity contribution is 5.83. The van der Waals surface area contributed by atoms with Gasteiger partial charge in [0.2, 0.25) is 0 Å². The third-order valence-corrected chi connectivity index (χ3v) is 1.76. The molecule has 1 radical (unpaired) electrons. The monoisotopic (exact) mass is 178 g/mol. The maximum atomic E-state index is 10.1. The highest BCUT2D eigenvalue weighted by Crippen LogP contribution is 2.24. The number of amides is 1. The Morgan fingerprint density at radius 1 is 1.15 bits per heavy atom. The van der Waals surface area contributed by atoms with Crippen LogP contribution in [0.25, 0.3) is 0 Å². The lowest BCUT2D eigenvalue weighted by Gasteiger charge is -2.09. The second-order valence-electron chi connectivity index (χ2n) is 2.49. The van der Waals surface area contributed by atoms with Crippen LogP contribution in [0.3, 0.4) is 0 Å². The average Bonchev–Trinajstić information content (AvgIpc) is 2.19. The van der Waals surface area contributed by atoms with Crippen molar-refractivity contribution in [1.29, 1.82) is 0 Å². The molecule has 0 heterocycles. The van der Waals surface area contributed by atoms with Gasteiger partial charge in [-0.15, -0.1) is 0 Å². The summed E-state index contributed by atoms with van der Waals surface area (Å²) in [5, 5.41) is 8.46. The summed E-state index contributed by atoms with van der Waals surface area (Å²) in [6, 6.07) is 5.59. The van der Waals surface area contributed by atoms with Gasteiger partial charge >= 0.3 is 6.41 Å². The van der Waals surface area contributed by atoms with Crippen LogP contribution in [0, 0.1) is 0 Å². The van der Waals surface area contributed by atoms with Gasteiger partial charge < -0.3 is 16.0 Å². The molecule has 3 N–H and O–H groups in total. The van der Waals surface area contributed by atoms with Crippen LogP contribution in [0.4, 0.5) is 17.1 Å². The zero-order chi connectivity index (χ0) is 9.68. The van der Waals surface area contributed by atoms with Crippen molar-refractivity contribution in [2.24, 2.45) is 0 Å². The fraction of sp³-hybridized carbons (Fsp3) is 0.222. The number of anilines is 3. The third-order valence-electron chi connectivity index (χ3n) is 1.76. The molecule has 0 bridgehead atoms. The number of hydrogen-bond acceptors (Lipinski definition) is 3. The molecule has 0 aliphatic carbocycles. The predicted octanol–water partition coefficient (Wildman–Crippen LogP) is 1.25. The second kappa shape index (κ2) is 4.35. The van der Waals surface area contributed by atoms with E-state index in [1.54, 1.807) is 13.5 Å². The molecule has 0 atom stereocenters. The zero-order valence-electron chi connectivity index (χ0n) is 7.64. The van der Waals surface area contributed by atoms with Gasteiger partial charge in [-0.05, 0) is 18.2 Å². The van der Waals surface area contributed by atoms with E-state index in [2.05, 4.69) is 16.0 Å². The Morgan fingerprint density at radius 2 is 1.92 bits per heavy atom. The van der Waals surface area contributed by atoms with Gasteiger partial charge in [-0.2, -0.15) is 0 Å². The molecule has 0 spiro atoms. The van der Waals surface area contributed by atoms with Gasteiger partial charge in [-0.25, -0.2) is 0 Å². The van der Waals surface area contributed by atoms with E-state index in [0.717, 1.165) is 17.1 Å². The van der Waals surface area contributed by atoms with Gasteiger partial charge in [0.25, 0.3) is 0 Å². The van der Waals surface area contributed by atoms with Crippen LogP contribution in [0.15, 0.2) is 18.2 Å². The summed E-state index contributed by atoms with van der Waals surface area (Å²) in [5.41, 5.74) is 2.56. The summed E-state index contributed by atoms with van der Waals surface area (Å²) in [6.07, 6.45) is 1.64. The summed E-state index contributed by atoms with van der Waals surface area (Å²) in [7, 11) is 3.64. The Bertz CT molecular complexity index is 299. The standard InChI is InChI=1S/C9H12N3O/c1-10-7-3-4-8(12-6-13)9(5-7)11-2/h3-5,10-11H,1-2H3,(H,12,13). The van der Waals surface area contributed by atoms with E-state index in [0.29, 0.717) is 0 Å².